The van der Waals surface area contributed by atoms with E-state index >= 15 is 0 Å². The van der Waals surface area contributed by atoms with Gasteiger partial charge >= 0.3 is 0 Å². The van der Waals surface area contributed by atoms with Crippen molar-refractivity contribution in [1.82, 2.24) is 5.32 Å². The molecule has 0 heterocycles. The minimum absolute atomic E-state index is 0.164. The lowest BCUT2D eigenvalue weighted by atomic mass is 10.1. The maximum absolute atomic E-state index is 12.0. The summed E-state index contributed by atoms with van der Waals surface area (Å²) in [5.41, 5.74) is 1.81. The van der Waals surface area contributed by atoms with Crippen LogP contribution in [0.5, 0.6) is 11.5 Å². The molecule has 0 bridgehead atoms. The summed E-state index contributed by atoms with van der Waals surface area (Å²) < 4.78 is 10.7. The molecule has 2 rings (SSSR count). The molecule has 1 amide bonds. The molecule has 0 aliphatic rings. The Morgan fingerprint density at radius 1 is 1.22 bits per heavy atom. The monoisotopic (exact) mass is 387 g/mol. The highest BCUT2D eigenvalue weighted by molar-refractivity contribution is 6.30. The first-order valence-corrected chi connectivity index (χ1v) is 8.84. The topological polar surface area (TPSA) is 67.8 Å². The molecule has 5 nitrogen and oxygen atoms in total. The van der Waals surface area contributed by atoms with Crippen molar-refractivity contribution in [3.8, 4) is 23.8 Å². The molecule has 0 saturated carbocycles. The summed E-state index contributed by atoms with van der Waals surface area (Å²) in [6.07, 6.45) is 4.90. The maximum Gasteiger partial charge on any atom is 0.249 e. The SMILES string of the molecule is C#CCOc1ccc(CCNC(=O)[C@@H](O)Cc2ccc(Cl)cc2)cc1OC. The second-order valence-corrected chi connectivity index (χ2v) is 6.30. The normalized spacial score (nSPS) is 11.3. The molecule has 0 saturated heterocycles. The number of nitrogens with one attached hydrogen (secondary N) is 1. The van der Waals surface area contributed by atoms with Crippen LogP contribution in [-0.2, 0) is 17.6 Å². The summed E-state index contributed by atoms with van der Waals surface area (Å²) in [5.74, 6) is 3.14. The van der Waals surface area contributed by atoms with Crippen LogP contribution in [-0.4, -0.2) is 37.4 Å². The van der Waals surface area contributed by atoms with Crippen molar-refractivity contribution in [1.29, 1.82) is 0 Å². The molecule has 1 atom stereocenters. The zero-order valence-corrected chi connectivity index (χ0v) is 15.8. The van der Waals surface area contributed by atoms with Gasteiger partial charge in [0.15, 0.2) is 11.5 Å². The van der Waals surface area contributed by atoms with Gasteiger partial charge in [-0.2, -0.15) is 0 Å². The number of carbonyl (C=O) groups is 1. The molecule has 0 aliphatic heterocycles. The quantitative estimate of drug-likeness (QED) is 0.649. The first kappa shape index (κ1) is 20.6. The first-order chi connectivity index (χ1) is 13.0. The van der Waals surface area contributed by atoms with E-state index in [0.29, 0.717) is 29.5 Å². The van der Waals surface area contributed by atoms with Gasteiger partial charge in [0.2, 0.25) is 5.91 Å². The zero-order valence-electron chi connectivity index (χ0n) is 15.1. The molecule has 6 heteroatoms. The minimum Gasteiger partial charge on any atom is -0.493 e. The van der Waals surface area contributed by atoms with Gasteiger partial charge in [0.1, 0.15) is 12.7 Å². The Balaban J connectivity index is 1.83. The molecule has 0 aliphatic carbocycles. The van der Waals surface area contributed by atoms with Crippen LogP contribution in [0.15, 0.2) is 42.5 Å². The zero-order chi connectivity index (χ0) is 19.6. The van der Waals surface area contributed by atoms with E-state index in [4.69, 9.17) is 27.5 Å². The lowest BCUT2D eigenvalue weighted by molar-refractivity contribution is -0.129. The van der Waals surface area contributed by atoms with Crippen molar-refractivity contribution in [2.24, 2.45) is 0 Å². The van der Waals surface area contributed by atoms with Crippen molar-refractivity contribution < 1.29 is 19.4 Å². The number of halogens is 1. The third-order valence-corrected chi connectivity index (χ3v) is 4.15. The Bertz CT molecular complexity index is 799. The van der Waals surface area contributed by atoms with Gasteiger partial charge in [-0.3, -0.25) is 4.79 Å². The number of carbonyl (C=O) groups excluding carboxylic acids is 1. The molecule has 0 fully saturated rings. The van der Waals surface area contributed by atoms with Gasteiger partial charge in [-0.05, 0) is 41.8 Å². The van der Waals surface area contributed by atoms with Crippen LogP contribution in [0.25, 0.3) is 0 Å². The molecular formula is C21H22ClNO4. The highest BCUT2D eigenvalue weighted by Crippen LogP contribution is 2.28. The van der Waals surface area contributed by atoms with E-state index in [2.05, 4.69) is 11.2 Å². The molecule has 0 spiro atoms. The predicted octanol–water partition coefficient (Wildman–Crippen LogP) is 2.62. The average Bonchev–Trinajstić information content (AvgIpc) is 2.68. The van der Waals surface area contributed by atoms with Crippen LogP contribution < -0.4 is 14.8 Å². The van der Waals surface area contributed by atoms with Gasteiger partial charge in [-0.25, -0.2) is 0 Å². The van der Waals surface area contributed by atoms with Crippen LogP contribution >= 0.6 is 11.6 Å². The largest absolute Gasteiger partial charge is 0.493 e. The Morgan fingerprint density at radius 3 is 2.59 bits per heavy atom. The van der Waals surface area contributed by atoms with Crippen molar-refractivity contribution >= 4 is 17.5 Å². The Kier molecular flexibility index (Phi) is 8.00. The lowest BCUT2D eigenvalue weighted by Crippen LogP contribution is -2.37. The number of hydrogen-bond donors (Lipinski definition) is 2. The average molecular weight is 388 g/mol. The first-order valence-electron chi connectivity index (χ1n) is 8.47. The summed E-state index contributed by atoms with van der Waals surface area (Å²) in [4.78, 5) is 12.0. The van der Waals surface area contributed by atoms with E-state index in [1.54, 1.807) is 37.4 Å². The second-order valence-electron chi connectivity index (χ2n) is 5.87. The third kappa shape index (κ3) is 6.52. The number of ether oxygens (including phenoxy) is 2. The van der Waals surface area contributed by atoms with Crippen molar-refractivity contribution in [2.45, 2.75) is 18.9 Å². The summed E-state index contributed by atoms with van der Waals surface area (Å²) >= 11 is 5.83. The number of terminal acetylenes is 1. The van der Waals surface area contributed by atoms with Crippen LogP contribution in [0.3, 0.4) is 0 Å². The molecule has 2 aromatic carbocycles. The summed E-state index contributed by atoms with van der Waals surface area (Å²) in [5, 5.41) is 13.4. The summed E-state index contributed by atoms with van der Waals surface area (Å²) in [6.45, 7) is 0.557. The van der Waals surface area contributed by atoms with E-state index in [1.165, 1.54) is 0 Å². The summed E-state index contributed by atoms with van der Waals surface area (Å²) in [7, 11) is 1.55. The third-order valence-electron chi connectivity index (χ3n) is 3.90. The van der Waals surface area contributed by atoms with Crippen LogP contribution in [0.4, 0.5) is 0 Å². The standard InChI is InChI=1S/C21H22ClNO4/c1-3-12-27-19-9-6-16(14-20(19)26-2)10-11-23-21(25)18(24)13-15-4-7-17(22)8-5-15/h1,4-9,14,18,24H,10-13H2,2H3,(H,23,25)/t18-/m0/s1. The fourth-order valence-electron chi connectivity index (χ4n) is 2.49. The molecule has 0 unspecified atom stereocenters. The number of amides is 1. The predicted molar refractivity (Wildman–Crippen MR) is 105 cm³/mol. The van der Waals surface area contributed by atoms with Gasteiger partial charge in [0.05, 0.1) is 7.11 Å². The Labute approximate surface area is 164 Å². The number of aliphatic hydroxyl groups is 1. The molecule has 0 aromatic heterocycles. The Morgan fingerprint density at radius 2 is 1.93 bits per heavy atom. The van der Waals surface area contributed by atoms with Gasteiger partial charge in [-0.15, -0.1) is 6.42 Å². The van der Waals surface area contributed by atoms with Gasteiger partial charge in [-0.1, -0.05) is 35.7 Å². The minimum atomic E-state index is -1.11. The smallest absolute Gasteiger partial charge is 0.249 e. The lowest BCUT2D eigenvalue weighted by Gasteiger charge is -2.13. The van der Waals surface area contributed by atoms with Crippen molar-refractivity contribution in [2.75, 3.05) is 20.3 Å². The van der Waals surface area contributed by atoms with Crippen LogP contribution in [0, 0.1) is 12.3 Å². The fourth-order valence-corrected chi connectivity index (χ4v) is 2.62. The molecule has 142 valence electrons. The van der Waals surface area contributed by atoms with Crippen LogP contribution in [0.2, 0.25) is 5.02 Å². The van der Waals surface area contributed by atoms with E-state index in [9.17, 15) is 9.90 Å². The van der Waals surface area contributed by atoms with Crippen LogP contribution in [0.1, 0.15) is 11.1 Å². The van der Waals surface area contributed by atoms with E-state index in [1.807, 2.05) is 12.1 Å². The molecule has 27 heavy (non-hydrogen) atoms. The van der Waals surface area contributed by atoms with E-state index in [-0.39, 0.29) is 13.0 Å². The van der Waals surface area contributed by atoms with Crippen molar-refractivity contribution in [3.63, 3.8) is 0 Å². The number of hydrogen-bond acceptors (Lipinski definition) is 4. The number of aliphatic hydroxyl groups excluding tert-OH is 1. The van der Waals surface area contributed by atoms with Gasteiger partial charge in [0, 0.05) is 18.0 Å². The Hall–Kier alpha value is -2.68. The molecule has 2 aromatic rings. The van der Waals surface area contributed by atoms with Gasteiger partial charge in [0.25, 0.3) is 0 Å². The highest BCUT2D eigenvalue weighted by Gasteiger charge is 2.15. The van der Waals surface area contributed by atoms with E-state index < -0.39 is 12.0 Å². The fraction of sp³-hybridized carbons (Fsp3) is 0.286. The summed E-state index contributed by atoms with van der Waals surface area (Å²) in [6, 6.07) is 12.5. The van der Waals surface area contributed by atoms with Gasteiger partial charge < -0.3 is 19.9 Å². The second kappa shape index (κ2) is 10.5. The number of benzene rings is 2. The van der Waals surface area contributed by atoms with Crippen molar-refractivity contribution in [3.05, 3.63) is 58.6 Å². The maximum atomic E-state index is 12.0. The molecule has 2 N–H and O–H groups in total. The van der Waals surface area contributed by atoms with E-state index in [0.717, 1.165) is 11.1 Å². The number of rotatable bonds is 9. The molecular weight excluding hydrogens is 366 g/mol. The number of methoxy groups -OCH3 is 1. The highest BCUT2D eigenvalue weighted by atomic mass is 35.5. The molecule has 0 radical (unpaired) electrons.